The van der Waals surface area contributed by atoms with E-state index in [0.717, 1.165) is 12.0 Å². The molecule has 1 amide bonds. The van der Waals surface area contributed by atoms with Crippen molar-refractivity contribution in [2.75, 3.05) is 19.7 Å². The summed E-state index contributed by atoms with van der Waals surface area (Å²) in [4.78, 5) is 25.9. The summed E-state index contributed by atoms with van der Waals surface area (Å²) in [5.41, 5.74) is 6.33. The fourth-order valence-electron chi connectivity index (χ4n) is 5.83. The number of alkyl carbamates (subject to hydrolysis) is 1. The van der Waals surface area contributed by atoms with E-state index >= 15 is 0 Å². The van der Waals surface area contributed by atoms with Crippen LogP contribution < -0.4 is 16.2 Å². The molecule has 6 rings (SSSR count). The summed E-state index contributed by atoms with van der Waals surface area (Å²) < 4.78 is 9.07. The number of aromatic nitrogens is 3. The number of benzene rings is 3. The first-order valence-corrected chi connectivity index (χ1v) is 14.6. The minimum Gasteiger partial charge on any atom is -0.449 e. The first-order valence-electron chi connectivity index (χ1n) is 14.6. The Balaban J connectivity index is 1.04. The van der Waals surface area contributed by atoms with Gasteiger partial charge in [-0.2, -0.15) is 5.10 Å². The molecule has 0 spiro atoms. The summed E-state index contributed by atoms with van der Waals surface area (Å²) in [6.45, 7) is 3.94. The molecule has 2 aromatic heterocycles. The van der Waals surface area contributed by atoms with Crippen molar-refractivity contribution in [1.82, 2.24) is 24.8 Å². The van der Waals surface area contributed by atoms with Gasteiger partial charge in [-0.3, -0.25) is 9.36 Å². The number of hydrogen-bond donors (Lipinski definition) is 2. The monoisotopic (exact) mass is 561 g/mol. The van der Waals surface area contributed by atoms with E-state index in [0.29, 0.717) is 44.0 Å². The van der Waals surface area contributed by atoms with Crippen LogP contribution >= 0.6 is 0 Å². The zero-order valence-corrected chi connectivity index (χ0v) is 23.7. The molecule has 1 aliphatic carbocycles. The third-order valence-electron chi connectivity index (χ3n) is 7.94. The van der Waals surface area contributed by atoms with Crippen LogP contribution in [0.1, 0.15) is 54.2 Å². The minimum atomic E-state index is -0.416. The predicted octanol–water partition coefficient (Wildman–Crippen LogP) is 5.51. The normalized spacial score (nSPS) is 13.1. The van der Waals surface area contributed by atoms with Crippen LogP contribution in [0.5, 0.6) is 0 Å². The molecular weight excluding hydrogens is 526 g/mol. The summed E-state index contributed by atoms with van der Waals surface area (Å²) in [5, 5.41) is 11.2. The van der Waals surface area contributed by atoms with Crippen molar-refractivity contribution in [1.29, 1.82) is 0 Å². The summed E-state index contributed by atoms with van der Waals surface area (Å²) in [6, 6.07) is 30.1. The molecule has 3 aromatic carbocycles. The SMILES string of the molecule is CCC(NCCCNC(=O)OCC1c2ccccc2-c2ccccc21)c1nn2cccc2c(=O)n1Cc1ccccc1. The summed E-state index contributed by atoms with van der Waals surface area (Å²) in [6.07, 6.45) is 2.85. The van der Waals surface area contributed by atoms with E-state index in [4.69, 9.17) is 9.84 Å². The van der Waals surface area contributed by atoms with E-state index in [2.05, 4.69) is 41.8 Å². The average molecular weight is 562 g/mol. The van der Waals surface area contributed by atoms with Gasteiger partial charge in [0.15, 0.2) is 0 Å². The van der Waals surface area contributed by atoms with Gasteiger partial charge in [0.1, 0.15) is 17.9 Å². The highest BCUT2D eigenvalue weighted by atomic mass is 16.5. The molecule has 8 heteroatoms. The van der Waals surface area contributed by atoms with Gasteiger partial charge < -0.3 is 15.4 Å². The third-order valence-corrected chi connectivity index (χ3v) is 7.94. The zero-order chi connectivity index (χ0) is 28.9. The maximum Gasteiger partial charge on any atom is 0.407 e. The fraction of sp³-hybridized carbons (Fsp3) is 0.265. The first kappa shape index (κ1) is 27.5. The van der Waals surface area contributed by atoms with Gasteiger partial charge in [0.2, 0.25) is 0 Å². The van der Waals surface area contributed by atoms with Crippen LogP contribution in [-0.2, 0) is 11.3 Å². The summed E-state index contributed by atoms with van der Waals surface area (Å²) >= 11 is 0. The van der Waals surface area contributed by atoms with E-state index < -0.39 is 6.09 Å². The van der Waals surface area contributed by atoms with Gasteiger partial charge in [0.25, 0.3) is 5.56 Å². The van der Waals surface area contributed by atoms with Crippen molar-refractivity contribution in [2.45, 2.75) is 38.3 Å². The second-order valence-corrected chi connectivity index (χ2v) is 10.6. The molecule has 2 N–H and O–H groups in total. The second-order valence-electron chi connectivity index (χ2n) is 10.6. The summed E-state index contributed by atoms with van der Waals surface area (Å²) in [5.74, 6) is 0.730. The van der Waals surface area contributed by atoms with Gasteiger partial charge in [0, 0.05) is 18.7 Å². The molecule has 0 aliphatic heterocycles. The molecule has 1 aliphatic rings. The molecule has 42 heavy (non-hydrogen) atoms. The molecule has 0 saturated carbocycles. The fourth-order valence-corrected chi connectivity index (χ4v) is 5.83. The quantitative estimate of drug-likeness (QED) is 0.208. The highest BCUT2D eigenvalue weighted by Crippen LogP contribution is 2.44. The Morgan fingerprint density at radius 2 is 1.60 bits per heavy atom. The molecule has 0 saturated heterocycles. The maximum absolute atomic E-state index is 13.4. The lowest BCUT2D eigenvalue weighted by molar-refractivity contribution is 0.143. The molecule has 0 radical (unpaired) electrons. The highest BCUT2D eigenvalue weighted by Gasteiger charge is 2.29. The third kappa shape index (κ3) is 5.58. The molecule has 5 aromatic rings. The van der Waals surface area contributed by atoms with Crippen molar-refractivity contribution in [3.63, 3.8) is 0 Å². The number of ether oxygens (including phenoxy) is 1. The number of nitrogens with zero attached hydrogens (tertiary/aromatic N) is 3. The predicted molar refractivity (Wildman–Crippen MR) is 164 cm³/mol. The number of amides is 1. The maximum atomic E-state index is 13.4. The lowest BCUT2D eigenvalue weighted by atomic mass is 9.98. The number of carbonyl (C=O) groups excluding carboxylic acids is 1. The van der Waals surface area contributed by atoms with Crippen molar-refractivity contribution >= 4 is 11.6 Å². The van der Waals surface area contributed by atoms with Crippen LogP contribution in [0.4, 0.5) is 4.79 Å². The van der Waals surface area contributed by atoms with Crippen molar-refractivity contribution < 1.29 is 9.53 Å². The standard InChI is InChI=1S/C34H35N5O3/c1-2-30(32-37-39-21-10-18-31(39)33(40)38(32)22-24-12-4-3-5-13-24)35-19-11-20-36-34(41)42-23-29-27-16-8-6-14-25(27)26-15-7-9-17-28(26)29/h3-10,12-18,21,29-30,35H,2,11,19-20,22-23H2,1H3,(H,36,41). The van der Waals surface area contributed by atoms with E-state index in [-0.39, 0.29) is 17.5 Å². The molecule has 1 unspecified atom stereocenters. The number of hydrogen-bond acceptors (Lipinski definition) is 5. The van der Waals surface area contributed by atoms with Crippen LogP contribution in [0.15, 0.2) is 102 Å². The van der Waals surface area contributed by atoms with Gasteiger partial charge in [-0.05, 0) is 59.3 Å². The Kier molecular flexibility index (Phi) is 8.14. The lowest BCUT2D eigenvalue weighted by Crippen LogP contribution is -2.35. The molecule has 0 fully saturated rings. The van der Waals surface area contributed by atoms with E-state index in [1.165, 1.54) is 22.3 Å². The van der Waals surface area contributed by atoms with Crippen molar-refractivity contribution in [2.24, 2.45) is 0 Å². The van der Waals surface area contributed by atoms with Crippen LogP contribution in [-0.4, -0.2) is 40.0 Å². The molecule has 0 bridgehead atoms. The Morgan fingerprint density at radius 3 is 2.31 bits per heavy atom. The van der Waals surface area contributed by atoms with Crippen molar-refractivity contribution in [3.8, 4) is 11.1 Å². The second kappa shape index (κ2) is 12.4. The minimum absolute atomic E-state index is 0.0359. The molecule has 1 atom stereocenters. The largest absolute Gasteiger partial charge is 0.449 e. The Hall–Kier alpha value is -4.69. The van der Waals surface area contributed by atoms with Crippen LogP contribution in [0, 0.1) is 0 Å². The topological polar surface area (TPSA) is 89.7 Å². The van der Waals surface area contributed by atoms with Gasteiger partial charge in [0.05, 0.1) is 12.6 Å². The Bertz CT molecular complexity index is 1700. The highest BCUT2D eigenvalue weighted by molar-refractivity contribution is 5.79. The van der Waals surface area contributed by atoms with Crippen LogP contribution in [0.2, 0.25) is 0 Å². The first-order chi connectivity index (χ1) is 20.6. The summed E-state index contributed by atoms with van der Waals surface area (Å²) in [7, 11) is 0. The number of rotatable bonds is 11. The number of nitrogens with one attached hydrogen (secondary N) is 2. The molecule has 8 nitrogen and oxygen atoms in total. The van der Waals surface area contributed by atoms with E-state index in [1.54, 1.807) is 21.3 Å². The number of fused-ring (bicyclic) bond motifs is 4. The van der Waals surface area contributed by atoms with Gasteiger partial charge in [-0.15, -0.1) is 0 Å². The van der Waals surface area contributed by atoms with Gasteiger partial charge in [-0.1, -0.05) is 85.8 Å². The zero-order valence-electron chi connectivity index (χ0n) is 23.7. The molecule has 2 heterocycles. The Labute approximate surface area is 245 Å². The van der Waals surface area contributed by atoms with Gasteiger partial charge >= 0.3 is 6.09 Å². The number of carbonyl (C=O) groups is 1. The Morgan fingerprint density at radius 1 is 0.905 bits per heavy atom. The van der Waals surface area contributed by atoms with Gasteiger partial charge in [-0.25, -0.2) is 9.31 Å². The van der Waals surface area contributed by atoms with E-state index in [9.17, 15) is 9.59 Å². The lowest BCUT2D eigenvalue weighted by Gasteiger charge is -2.21. The smallest absolute Gasteiger partial charge is 0.407 e. The van der Waals surface area contributed by atoms with Crippen LogP contribution in [0.3, 0.4) is 0 Å². The molecule has 214 valence electrons. The van der Waals surface area contributed by atoms with Crippen LogP contribution in [0.25, 0.3) is 16.6 Å². The molecular formula is C34H35N5O3. The average Bonchev–Trinajstić information content (AvgIpc) is 3.63. The van der Waals surface area contributed by atoms with Crippen molar-refractivity contribution in [3.05, 3.63) is 130 Å². The van der Waals surface area contributed by atoms with E-state index in [1.807, 2.05) is 60.7 Å².